The molecule has 0 N–H and O–H groups in total. The summed E-state index contributed by atoms with van der Waals surface area (Å²) in [7, 11) is 0. The van der Waals surface area contributed by atoms with Crippen molar-refractivity contribution in [1.29, 1.82) is 0 Å². The summed E-state index contributed by atoms with van der Waals surface area (Å²) in [5, 5.41) is 0. The molecule has 3 heteroatoms. The Bertz CT molecular complexity index is 468. The minimum absolute atomic E-state index is 0.0267. The van der Waals surface area contributed by atoms with Crippen molar-refractivity contribution in [3.63, 3.8) is 0 Å². The summed E-state index contributed by atoms with van der Waals surface area (Å²) in [5.74, 6) is 0.370. The lowest BCUT2D eigenvalue weighted by Crippen LogP contribution is -2.36. The molecule has 3 rings (SSSR count). The maximum absolute atomic E-state index is 12.1. The molecule has 1 aliphatic carbocycles. The first-order chi connectivity index (χ1) is 8.18. The first-order valence-corrected chi connectivity index (χ1v) is 6.07. The molecule has 2 amide bonds. The van der Waals surface area contributed by atoms with Gasteiger partial charge in [0, 0.05) is 0 Å². The Morgan fingerprint density at radius 2 is 1.88 bits per heavy atom. The zero-order valence-corrected chi connectivity index (χ0v) is 9.80. The lowest BCUT2D eigenvalue weighted by atomic mass is 9.67. The number of imide groups is 1. The summed E-state index contributed by atoms with van der Waals surface area (Å²) in [4.78, 5) is 25.6. The zero-order valence-electron chi connectivity index (χ0n) is 9.80. The standard InChI is InChI=1S/C14H15NO2/c1-9-7-11-12(9)14(17)15(13(11)16)8-10-5-3-2-4-6-10/h2-6,9,11-12H,7-8H2,1H3/t9-,11+,12-/m0/s1. The fraction of sp³-hybridized carbons (Fsp3) is 0.429. The van der Waals surface area contributed by atoms with Gasteiger partial charge in [-0.1, -0.05) is 37.3 Å². The molecule has 2 aliphatic rings. The van der Waals surface area contributed by atoms with Gasteiger partial charge in [0.25, 0.3) is 0 Å². The summed E-state index contributed by atoms with van der Waals surface area (Å²) >= 11 is 0. The van der Waals surface area contributed by atoms with E-state index in [-0.39, 0.29) is 23.7 Å². The fourth-order valence-corrected chi connectivity index (χ4v) is 2.97. The normalized spacial score (nSPS) is 31.4. The predicted molar refractivity (Wildman–Crippen MR) is 62.8 cm³/mol. The average molecular weight is 229 g/mol. The van der Waals surface area contributed by atoms with E-state index in [1.54, 1.807) is 0 Å². The summed E-state index contributed by atoms with van der Waals surface area (Å²) in [6.45, 7) is 2.48. The molecule has 0 bridgehead atoms. The van der Waals surface area contributed by atoms with Crippen LogP contribution >= 0.6 is 0 Å². The van der Waals surface area contributed by atoms with Crippen molar-refractivity contribution in [2.45, 2.75) is 19.9 Å². The molecule has 1 aliphatic heterocycles. The quantitative estimate of drug-likeness (QED) is 0.725. The van der Waals surface area contributed by atoms with E-state index in [1.807, 2.05) is 30.3 Å². The Balaban J connectivity index is 1.81. The van der Waals surface area contributed by atoms with Crippen LogP contribution in [0.1, 0.15) is 18.9 Å². The maximum Gasteiger partial charge on any atom is 0.233 e. The van der Waals surface area contributed by atoms with Gasteiger partial charge in [-0.05, 0) is 17.9 Å². The number of benzene rings is 1. The van der Waals surface area contributed by atoms with Crippen molar-refractivity contribution >= 4 is 11.8 Å². The lowest BCUT2D eigenvalue weighted by molar-refractivity contribution is -0.140. The molecule has 1 saturated heterocycles. The average Bonchev–Trinajstić information content (AvgIpc) is 2.50. The predicted octanol–water partition coefficient (Wildman–Crippen LogP) is 1.83. The molecule has 3 nitrogen and oxygen atoms in total. The summed E-state index contributed by atoms with van der Waals surface area (Å²) in [6.07, 6.45) is 0.876. The van der Waals surface area contributed by atoms with E-state index in [1.165, 1.54) is 4.90 Å². The number of fused-ring (bicyclic) bond motifs is 1. The van der Waals surface area contributed by atoms with Crippen LogP contribution in [0.5, 0.6) is 0 Å². The van der Waals surface area contributed by atoms with E-state index in [9.17, 15) is 9.59 Å². The number of amides is 2. The molecule has 2 fully saturated rings. The van der Waals surface area contributed by atoms with Gasteiger partial charge in [-0.25, -0.2) is 0 Å². The van der Waals surface area contributed by atoms with Crippen molar-refractivity contribution in [1.82, 2.24) is 4.90 Å². The van der Waals surface area contributed by atoms with Crippen LogP contribution < -0.4 is 0 Å². The molecular formula is C14H15NO2. The number of rotatable bonds is 2. The second-order valence-corrected chi connectivity index (χ2v) is 5.09. The van der Waals surface area contributed by atoms with Crippen LogP contribution in [0.2, 0.25) is 0 Å². The zero-order chi connectivity index (χ0) is 12.0. The number of carbonyl (C=O) groups is 2. The highest BCUT2D eigenvalue weighted by Gasteiger charge is 2.56. The summed E-state index contributed by atoms with van der Waals surface area (Å²) in [5.41, 5.74) is 1.02. The van der Waals surface area contributed by atoms with Crippen LogP contribution in [-0.2, 0) is 16.1 Å². The highest BCUT2D eigenvalue weighted by molar-refractivity contribution is 6.06. The molecule has 88 valence electrons. The highest BCUT2D eigenvalue weighted by atomic mass is 16.2. The van der Waals surface area contributed by atoms with Gasteiger partial charge in [0.05, 0.1) is 18.4 Å². The Hall–Kier alpha value is -1.64. The molecule has 1 saturated carbocycles. The Morgan fingerprint density at radius 3 is 2.47 bits per heavy atom. The Kier molecular flexibility index (Phi) is 2.28. The molecule has 1 aromatic carbocycles. The third-order valence-electron chi connectivity index (χ3n) is 3.99. The van der Waals surface area contributed by atoms with Gasteiger partial charge < -0.3 is 0 Å². The van der Waals surface area contributed by atoms with Gasteiger partial charge in [0.2, 0.25) is 11.8 Å². The molecule has 0 spiro atoms. The van der Waals surface area contributed by atoms with Gasteiger partial charge in [-0.3, -0.25) is 14.5 Å². The number of hydrogen-bond acceptors (Lipinski definition) is 2. The van der Waals surface area contributed by atoms with Crippen LogP contribution in [0, 0.1) is 17.8 Å². The minimum Gasteiger partial charge on any atom is -0.278 e. The molecule has 1 heterocycles. The number of carbonyl (C=O) groups excluding carboxylic acids is 2. The van der Waals surface area contributed by atoms with Crippen molar-refractivity contribution < 1.29 is 9.59 Å². The Labute approximate surface area is 100 Å². The molecule has 3 atom stereocenters. The van der Waals surface area contributed by atoms with E-state index in [2.05, 4.69) is 6.92 Å². The van der Waals surface area contributed by atoms with Crippen LogP contribution in [-0.4, -0.2) is 16.7 Å². The van der Waals surface area contributed by atoms with Crippen molar-refractivity contribution in [2.75, 3.05) is 0 Å². The van der Waals surface area contributed by atoms with Gasteiger partial charge in [0.15, 0.2) is 0 Å². The topological polar surface area (TPSA) is 37.4 Å². The third kappa shape index (κ3) is 1.49. The number of nitrogens with zero attached hydrogens (tertiary/aromatic N) is 1. The maximum atomic E-state index is 12.1. The first kappa shape index (κ1) is 10.5. The van der Waals surface area contributed by atoms with Crippen LogP contribution in [0.15, 0.2) is 30.3 Å². The van der Waals surface area contributed by atoms with E-state index in [0.29, 0.717) is 12.5 Å². The Morgan fingerprint density at radius 1 is 1.18 bits per heavy atom. The van der Waals surface area contributed by atoms with Crippen LogP contribution in [0.3, 0.4) is 0 Å². The van der Waals surface area contributed by atoms with E-state index in [0.717, 1.165) is 12.0 Å². The second kappa shape index (κ2) is 3.69. The smallest absolute Gasteiger partial charge is 0.233 e. The van der Waals surface area contributed by atoms with Gasteiger partial charge in [0.1, 0.15) is 0 Å². The van der Waals surface area contributed by atoms with Gasteiger partial charge in [-0.15, -0.1) is 0 Å². The van der Waals surface area contributed by atoms with E-state index in [4.69, 9.17) is 0 Å². The van der Waals surface area contributed by atoms with E-state index >= 15 is 0 Å². The minimum atomic E-state index is -0.0359. The molecule has 1 aromatic rings. The second-order valence-electron chi connectivity index (χ2n) is 5.09. The van der Waals surface area contributed by atoms with Crippen molar-refractivity contribution in [3.8, 4) is 0 Å². The third-order valence-corrected chi connectivity index (χ3v) is 3.99. The van der Waals surface area contributed by atoms with Gasteiger partial charge in [-0.2, -0.15) is 0 Å². The number of likely N-dealkylation sites (tertiary alicyclic amines) is 1. The molecule has 0 unspecified atom stereocenters. The molecule has 0 radical (unpaired) electrons. The highest BCUT2D eigenvalue weighted by Crippen LogP contribution is 2.47. The molecule has 0 aromatic heterocycles. The summed E-state index contributed by atoms with van der Waals surface area (Å²) in [6, 6.07) is 9.69. The number of hydrogen-bond donors (Lipinski definition) is 0. The molecular weight excluding hydrogens is 214 g/mol. The fourth-order valence-electron chi connectivity index (χ4n) is 2.97. The lowest BCUT2D eigenvalue weighted by Gasteiger charge is -2.33. The van der Waals surface area contributed by atoms with E-state index < -0.39 is 0 Å². The molecule has 17 heavy (non-hydrogen) atoms. The first-order valence-electron chi connectivity index (χ1n) is 6.07. The van der Waals surface area contributed by atoms with Crippen LogP contribution in [0.4, 0.5) is 0 Å². The van der Waals surface area contributed by atoms with Crippen LogP contribution in [0.25, 0.3) is 0 Å². The monoisotopic (exact) mass is 229 g/mol. The SMILES string of the molecule is C[C@H]1C[C@H]2C(=O)N(Cc3ccccc3)C(=O)[C@@H]12. The largest absolute Gasteiger partial charge is 0.278 e. The summed E-state index contributed by atoms with van der Waals surface area (Å²) < 4.78 is 0. The van der Waals surface area contributed by atoms with Crippen molar-refractivity contribution in [3.05, 3.63) is 35.9 Å². The van der Waals surface area contributed by atoms with Crippen molar-refractivity contribution in [2.24, 2.45) is 17.8 Å². The van der Waals surface area contributed by atoms with Gasteiger partial charge >= 0.3 is 0 Å².